The second-order valence-electron chi connectivity index (χ2n) is 5.24. The van der Waals surface area contributed by atoms with Gasteiger partial charge in [0.1, 0.15) is 17.6 Å². The summed E-state index contributed by atoms with van der Waals surface area (Å²) in [4.78, 5) is 5.41. The van der Waals surface area contributed by atoms with Gasteiger partial charge in [0.25, 0.3) is 0 Å². The molecule has 1 aliphatic heterocycles. The first kappa shape index (κ1) is 11.7. The molecule has 1 N–H and O–H groups in total. The van der Waals surface area contributed by atoms with E-state index >= 15 is 0 Å². The van der Waals surface area contributed by atoms with Gasteiger partial charge in [0.2, 0.25) is 0 Å². The third-order valence-corrected chi connectivity index (χ3v) is 4.22. The minimum Gasteiger partial charge on any atom is -0.392 e. The van der Waals surface area contributed by atoms with E-state index in [1.165, 1.54) is 6.07 Å². The Morgan fingerprint density at radius 1 is 1.39 bits per heavy atom. The van der Waals surface area contributed by atoms with Crippen LogP contribution in [0.25, 0.3) is 0 Å². The van der Waals surface area contributed by atoms with Gasteiger partial charge in [-0.05, 0) is 32.3 Å². The second kappa shape index (κ2) is 4.05. The van der Waals surface area contributed by atoms with Crippen LogP contribution >= 0.6 is 0 Å². The van der Waals surface area contributed by atoms with Crippen LogP contribution in [0.5, 0.6) is 0 Å². The first-order valence-corrected chi connectivity index (χ1v) is 6.31. The van der Waals surface area contributed by atoms with Crippen molar-refractivity contribution in [2.24, 2.45) is 10.6 Å². The van der Waals surface area contributed by atoms with E-state index < -0.39 is 11.5 Å². The molecule has 96 valence electrons. The van der Waals surface area contributed by atoms with Gasteiger partial charge in [-0.15, -0.1) is 0 Å². The topological polar surface area (TPSA) is 41.8 Å². The molecule has 3 nitrogen and oxygen atoms in total. The number of aliphatic hydroxyl groups is 1. The molecule has 0 bridgehead atoms. The van der Waals surface area contributed by atoms with Crippen LogP contribution in [0, 0.1) is 11.2 Å². The minimum absolute atomic E-state index is 0.143. The van der Waals surface area contributed by atoms with E-state index in [4.69, 9.17) is 4.84 Å². The predicted octanol–water partition coefficient (Wildman–Crippen LogP) is 2.48. The van der Waals surface area contributed by atoms with E-state index in [0.717, 1.165) is 12.8 Å². The van der Waals surface area contributed by atoms with Crippen molar-refractivity contribution >= 4 is 5.71 Å². The zero-order valence-electron chi connectivity index (χ0n) is 10.3. The van der Waals surface area contributed by atoms with Crippen LogP contribution in [-0.4, -0.2) is 23.0 Å². The fourth-order valence-corrected chi connectivity index (χ4v) is 2.99. The quantitative estimate of drug-likeness (QED) is 0.830. The van der Waals surface area contributed by atoms with Crippen LogP contribution in [0.15, 0.2) is 29.4 Å². The molecule has 0 radical (unpaired) electrons. The van der Waals surface area contributed by atoms with Crippen molar-refractivity contribution in [2.75, 3.05) is 0 Å². The minimum atomic E-state index is -0.597. The molecular formula is C14H16FNO2. The second-order valence-corrected chi connectivity index (χ2v) is 5.24. The van der Waals surface area contributed by atoms with Crippen LogP contribution < -0.4 is 0 Å². The Hall–Kier alpha value is -1.42. The fraction of sp³-hybridized carbons (Fsp3) is 0.500. The average molecular weight is 249 g/mol. The fourth-order valence-electron chi connectivity index (χ4n) is 2.99. The van der Waals surface area contributed by atoms with E-state index in [-0.39, 0.29) is 11.9 Å². The SMILES string of the molecule is C[C@@]12C(c3ccccc3F)=NO[C@@H]1CCC[C@@H]2O. The maximum atomic E-state index is 13.9. The molecule has 1 fully saturated rings. The number of fused-ring (bicyclic) bond motifs is 1. The molecule has 1 aromatic carbocycles. The summed E-state index contributed by atoms with van der Waals surface area (Å²) < 4.78 is 13.9. The normalized spacial score (nSPS) is 34.7. The number of hydrogen-bond acceptors (Lipinski definition) is 3. The Labute approximate surface area is 105 Å². The van der Waals surface area contributed by atoms with E-state index in [1.807, 2.05) is 6.92 Å². The lowest BCUT2D eigenvalue weighted by molar-refractivity contribution is -0.0605. The summed E-state index contributed by atoms with van der Waals surface area (Å²) in [7, 11) is 0. The van der Waals surface area contributed by atoms with Crippen molar-refractivity contribution < 1.29 is 14.3 Å². The highest BCUT2D eigenvalue weighted by Gasteiger charge is 2.53. The summed E-state index contributed by atoms with van der Waals surface area (Å²) in [5.74, 6) is -0.320. The Morgan fingerprint density at radius 2 is 2.17 bits per heavy atom. The van der Waals surface area contributed by atoms with Crippen molar-refractivity contribution in [1.29, 1.82) is 0 Å². The molecule has 0 spiro atoms. The zero-order valence-corrected chi connectivity index (χ0v) is 10.3. The lowest BCUT2D eigenvalue weighted by atomic mass is 9.67. The summed E-state index contributed by atoms with van der Waals surface area (Å²) in [5, 5.41) is 14.3. The van der Waals surface area contributed by atoms with Gasteiger partial charge in [0.05, 0.1) is 11.5 Å². The molecule has 3 rings (SSSR count). The average Bonchev–Trinajstić information content (AvgIpc) is 2.70. The van der Waals surface area contributed by atoms with Crippen LogP contribution in [0.1, 0.15) is 31.7 Å². The Balaban J connectivity index is 2.06. The molecule has 4 heteroatoms. The molecule has 0 saturated heterocycles. The standard InChI is InChI=1S/C14H16FNO2/c1-14-11(17)7-4-8-12(14)18-16-13(14)9-5-2-3-6-10(9)15/h2-3,5-6,11-12,17H,4,7-8H2,1H3/t11-,12+,14-/m0/s1. The maximum Gasteiger partial charge on any atom is 0.141 e. The molecule has 1 aromatic rings. The van der Waals surface area contributed by atoms with Gasteiger partial charge in [-0.1, -0.05) is 23.4 Å². The van der Waals surface area contributed by atoms with Crippen LogP contribution in [0.4, 0.5) is 4.39 Å². The van der Waals surface area contributed by atoms with Gasteiger partial charge in [-0.3, -0.25) is 0 Å². The van der Waals surface area contributed by atoms with Crippen molar-refractivity contribution in [2.45, 2.75) is 38.4 Å². The van der Waals surface area contributed by atoms with Crippen molar-refractivity contribution in [3.8, 4) is 0 Å². The Kier molecular flexibility index (Phi) is 2.63. The zero-order chi connectivity index (χ0) is 12.8. The molecule has 18 heavy (non-hydrogen) atoms. The molecule has 0 amide bonds. The van der Waals surface area contributed by atoms with Crippen molar-refractivity contribution in [1.82, 2.24) is 0 Å². The van der Waals surface area contributed by atoms with Crippen LogP contribution in [0.2, 0.25) is 0 Å². The summed E-state index contributed by atoms with van der Waals surface area (Å²) in [6.45, 7) is 1.92. The third kappa shape index (κ3) is 1.48. The number of aliphatic hydroxyl groups excluding tert-OH is 1. The Morgan fingerprint density at radius 3 is 2.94 bits per heavy atom. The van der Waals surface area contributed by atoms with E-state index in [2.05, 4.69) is 5.16 Å². The van der Waals surface area contributed by atoms with E-state index in [1.54, 1.807) is 18.2 Å². The third-order valence-electron chi connectivity index (χ3n) is 4.22. The van der Waals surface area contributed by atoms with Crippen molar-refractivity contribution in [3.05, 3.63) is 35.6 Å². The highest BCUT2D eigenvalue weighted by atomic mass is 19.1. The molecule has 2 aliphatic rings. The summed E-state index contributed by atoms with van der Waals surface area (Å²) >= 11 is 0. The van der Waals surface area contributed by atoms with E-state index in [0.29, 0.717) is 17.7 Å². The summed E-state index contributed by atoms with van der Waals surface area (Å²) in [6, 6.07) is 6.51. The largest absolute Gasteiger partial charge is 0.392 e. The maximum absolute atomic E-state index is 13.9. The van der Waals surface area contributed by atoms with Gasteiger partial charge in [0, 0.05) is 5.56 Å². The number of halogens is 1. The predicted molar refractivity (Wildman–Crippen MR) is 65.8 cm³/mol. The molecule has 3 atom stereocenters. The molecule has 1 aliphatic carbocycles. The van der Waals surface area contributed by atoms with Crippen LogP contribution in [0.3, 0.4) is 0 Å². The molecule has 1 heterocycles. The number of benzene rings is 1. The number of hydrogen-bond donors (Lipinski definition) is 1. The lowest BCUT2D eigenvalue weighted by Gasteiger charge is -2.38. The van der Waals surface area contributed by atoms with Gasteiger partial charge < -0.3 is 9.94 Å². The molecule has 0 aromatic heterocycles. The number of oxime groups is 1. The van der Waals surface area contributed by atoms with Gasteiger partial charge in [0.15, 0.2) is 0 Å². The van der Waals surface area contributed by atoms with Gasteiger partial charge in [-0.2, -0.15) is 0 Å². The van der Waals surface area contributed by atoms with Crippen molar-refractivity contribution in [3.63, 3.8) is 0 Å². The highest BCUT2D eigenvalue weighted by Crippen LogP contribution is 2.45. The lowest BCUT2D eigenvalue weighted by Crippen LogP contribution is -2.49. The van der Waals surface area contributed by atoms with Gasteiger partial charge >= 0.3 is 0 Å². The first-order chi connectivity index (χ1) is 8.64. The molecule has 0 unspecified atom stereocenters. The first-order valence-electron chi connectivity index (χ1n) is 6.31. The number of rotatable bonds is 1. The Bertz CT molecular complexity index is 502. The highest BCUT2D eigenvalue weighted by molar-refractivity contribution is 6.06. The molecule has 1 saturated carbocycles. The monoisotopic (exact) mass is 249 g/mol. The van der Waals surface area contributed by atoms with Crippen LogP contribution in [-0.2, 0) is 4.84 Å². The number of nitrogens with zero attached hydrogens (tertiary/aromatic N) is 1. The summed E-state index contributed by atoms with van der Waals surface area (Å²) in [6.07, 6.45) is 1.81. The summed E-state index contributed by atoms with van der Waals surface area (Å²) in [5.41, 5.74) is 0.377. The van der Waals surface area contributed by atoms with Gasteiger partial charge in [-0.25, -0.2) is 4.39 Å². The molecular weight excluding hydrogens is 233 g/mol. The van der Waals surface area contributed by atoms with E-state index in [9.17, 15) is 9.50 Å². The smallest absolute Gasteiger partial charge is 0.141 e.